The molecule has 5 aromatic carbocycles. The number of hydrogen-bond acceptors (Lipinski definition) is 1. The van der Waals surface area contributed by atoms with Gasteiger partial charge in [-0.25, -0.2) is 0 Å². The van der Waals surface area contributed by atoms with E-state index in [1.807, 2.05) is 0 Å². The number of allylic oxidation sites excluding steroid dienone is 5. The molecule has 2 aliphatic carbocycles. The summed E-state index contributed by atoms with van der Waals surface area (Å²) in [7, 11) is 0. The van der Waals surface area contributed by atoms with Crippen molar-refractivity contribution < 1.29 is 0 Å². The van der Waals surface area contributed by atoms with Gasteiger partial charge >= 0.3 is 0 Å². The van der Waals surface area contributed by atoms with Crippen LogP contribution in [0.1, 0.15) is 31.4 Å². The maximum absolute atomic E-state index is 2.75. The molecule has 1 aromatic heterocycles. The minimum atomic E-state index is -0.187. The zero-order chi connectivity index (χ0) is 31.1. The van der Waals surface area contributed by atoms with Gasteiger partial charge in [-0.05, 0) is 65.4 Å². The molecular formula is C44H37BN2. The number of fused-ring (bicyclic) bond motifs is 7. The minimum Gasteiger partial charge on any atom is -0.338 e. The molecule has 0 amide bonds. The normalized spacial score (nSPS) is 23.7. The first-order valence-electron chi connectivity index (χ1n) is 17.3. The Balaban J connectivity index is 1.31. The lowest BCUT2D eigenvalue weighted by molar-refractivity contribution is 0.340. The van der Waals surface area contributed by atoms with Gasteiger partial charge in [0.05, 0.1) is 6.04 Å². The molecule has 47 heavy (non-hydrogen) atoms. The third-order valence-corrected chi connectivity index (χ3v) is 12.1. The molecule has 0 radical (unpaired) electrons. The van der Waals surface area contributed by atoms with Gasteiger partial charge in [0.25, 0.3) is 0 Å². The molecule has 0 saturated heterocycles. The second-order valence-electron chi connectivity index (χ2n) is 14.1. The highest BCUT2D eigenvalue weighted by Crippen LogP contribution is 2.58. The van der Waals surface area contributed by atoms with Crippen LogP contribution in [0.3, 0.4) is 0 Å². The highest BCUT2D eigenvalue weighted by Gasteiger charge is 2.57. The van der Waals surface area contributed by atoms with Crippen LogP contribution < -0.4 is 15.8 Å². The lowest BCUT2D eigenvalue weighted by Gasteiger charge is -2.57. The van der Waals surface area contributed by atoms with Gasteiger partial charge in [-0.2, -0.15) is 0 Å². The molecule has 10 rings (SSSR count). The Bertz CT molecular complexity index is 2260. The fourth-order valence-electron chi connectivity index (χ4n) is 10.1. The number of aromatic nitrogens is 1. The predicted molar refractivity (Wildman–Crippen MR) is 199 cm³/mol. The van der Waals surface area contributed by atoms with Gasteiger partial charge in [-0.3, -0.25) is 0 Å². The fraction of sp³-hybridized carbons (Fsp3) is 0.182. The molecule has 5 unspecified atom stereocenters. The van der Waals surface area contributed by atoms with E-state index in [1.165, 1.54) is 49.7 Å². The van der Waals surface area contributed by atoms with Crippen LogP contribution in [0.15, 0.2) is 163 Å². The Morgan fingerprint density at radius 2 is 1.40 bits per heavy atom. The Morgan fingerprint density at radius 3 is 2.23 bits per heavy atom. The average molecular weight is 605 g/mol. The zero-order valence-corrected chi connectivity index (χ0v) is 26.7. The van der Waals surface area contributed by atoms with E-state index in [2.05, 4.69) is 174 Å². The second-order valence-corrected chi connectivity index (χ2v) is 14.1. The van der Waals surface area contributed by atoms with Crippen LogP contribution in [0, 0.1) is 5.92 Å². The van der Waals surface area contributed by atoms with Crippen molar-refractivity contribution in [2.75, 3.05) is 4.90 Å². The van der Waals surface area contributed by atoms with Crippen molar-refractivity contribution >= 4 is 50.8 Å². The first-order chi connectivity index (χ1) is 23.2. The largest absolute Gasteiger partial charge is 0.338 e. The Labute approximate surface area is 277 Å². The molecule has 0 bridgehead atoms. The summed E-state index contributed by atoms with van der Waals surface area (Å²) in [5, 5.41) is 2.76. The monoisotopic (exact) mass is 604 g/mol. The third-order valence-electron chi connectivity index (χ3n) is 12.1. The smallest absolute Gasteiger partial charge is 0.222 e. The van der Waals surface area contributed by atoms with E-state index < -0.39 is 0 Å². The summed E-state index contributed by atoms with van der Waals surface area (Å²) in [6.45, 7) is 2.84. The molecule has 2 aliphatic heterocycles. The Hall–Kier alpha value is -5.02. The first kappa shape index (κ1) is 27.1. The molecule has 3 heteroatoms. The molecule has 6 aromatic rings. The lowest BCUT2D eigenvalue weighted by atomic mass is 9.27. The quantitative estimate of drug-likeness (QED) is 0.144. The summed E-state index contributed by atoms with van der Waals surface area (Å²) in [5.41, 5.74) is 11.1. The van der Waals surface area contributed by atoms with Crippen LogP contribution in [-0.2, 0) is 5.41 Å². The maximum Gasteiger partial charge on any atom is 0.222 e. The summed E-state index contributed by atoms with van der Waals surface area (Å²) >= 11 is 0. The molecule has 0 fully saturated rings. The van der Waals surface area contributed by atoms with Crippen LogP contribution >= 0.6 is 0 Å². The van der Waals surface area contributed by atoms with E-state index in [0.717, 1.165) is 12.8 Å². The predicted octanol–water partition coefficient (Wildman–Crippen LogP) is 9.27. The maximum atomic E-state index is 2.75. The van der Waals surface area contributed by atoms with E-state index in [9.17, 15) is 0 Å². The van der Waals surface area contributed by atoms with Crippen LogP contribution in [0.2, 0.25) is 5.82 Å². The van der Waals surface area contributed by atoms with E-state index in [4.69, 9.17) is 0 Å². The fourth-order valence-corrected chi connectivity index (χ4v) is 10.1. The number of hydrogen-bond donors (Lipinski definition) is 0. The van der Waals surface area contributed by atoms with Crippen LogP contribution in [0.5, 0.6) is 0 Å². The molecule has 3 heterocycles. The molecule has 226 valence electrons. The van der Waals surface area contributed by atoms with Crippen molar-refractivity contribution in [3.63, 3.8) is 0 Å². The number of anilines is 2. The summed E-state index contributed by atoms with van der Waals surface area (Å²) in [4.78, 5) is 2.73. The van der Waals surface area contributed by atoms with Gasteiger partial charge in [-0.1, -0.05) is 146 Å². The average Bonchev–Trinajstić information content (AvgIpc) is 3.49. The highest BCUT2D eigenvalue weighted by atomic mass is 15.2. The van der Waals surface area contributed by atoms with E-state index in [1.54, 1.807) is 5.57 Å². The summed E-state index contributed by atoms with van der Waals surface area (Å²) in [6, 6.07) is 48.6. The number of rotatable bonds is 4. The zero-order valence-electron chi connectivity index (χ0n) is 26.7. The summed E-state index contributed by atoms with van der Waals surface area (Å²) in [6.07, 6.45) is 14.1. The van der Waals surface area contributed by atoms with Crippen molar-refractivity contribution in [1.29, 1.82) is 0 Å². The van der Waals surface area contributed by atoms with Gasteiger partial charge in [0.1, 0.15) is 0 Å². The van der Waals surface area contributed by atoms with E-state index >= 15 is 0 Å². The molecule has 5 atom stereocenters. The highest BCUT2D eigenvalue weighted by molar-refractivity contribution is 6.90. The number of benzene rings is 5. The van der Waals surface area contributed by atoms with Crippen LogP contribution in [0.4, 0.5) is 11.4 Å². The van der Waals surface area contributed by atoms with Crippen molar-refractivity contribution in [3.05, 3.63) is 169 Å². The summed E-state index contributed by atoms with van der Waals surface area (Å²) < 4.78 is 2.75. The van der Waals surface area contributed by atoms with Crippen molar-refractivity contribution in [2.45, 2.75) is 43.1 Å². The van der Waals surface area contributed by atoms with E-state index in [0.29, 0.717) is 24.5 Å². The standard InChI is InChI=1S/C44H37BN2/c1-44(30-16-5-2-6-17-30,31-18-7-3-8-19-31)35-28-29-40-41-43(35)46(32-20-9-4-10-21-32)39-27-14-12-24-36(39)45(41)37-25-15-23-34-33-22-11-13-26-38(33)47(40)42(34)37/h2-18,20-28,31,40-41,43H,19,29H2,1H3. The molecular weight excluding hydrogens is 567 g/mol. The van der Waals surface area contributed by atoms with Crippen molar-refractivity contribution in [2.24, 2.45) is 5.92 Å². The molecule has 0 N–H and O–H groups in total. The van der Waals surface area contributed by atoms with Gasteiger partial charge < -0.3 is 9.47 Å². The summed E-state index contributed by atoms with van der Waals surface area (Å²) in [5.74, 6) is 0.714. The topological polar surface area (TPSA) is 8.17 Å². The Morgan fingerprint density at radius 1 is 0.681 bits per heavy atom. The molecule has 0 saturated carbocycles. The molecule has 0 spiro atoms. The molecule has 4 aliphatic rings. The molecule has 2 nitrogen and oxygen atoms in total. The van der Waals surface area contributed by atoms with Gasteiger partial charge in [0.2, 0.25) is 6.71 Å². The van der Waals surface area contributed by atoms with Crippen molar-refractivity contribution in [3.8, 4) is 0 Å². The lowest BCUT2D eigenvalue weighted by Crippen LogP contribution is -2.65. The number of nitrogens with zero attached hydrogens (tertiary/aromatic N) is 2. The first-order valence-corrected chi connectivity index (χ1v) is 17.3. The van der Waals surface area contributed by atoms with E-state index in [-0.39, 0.29) is 11.5 Å². The Kier molecular flexibility index (Phi) is 5.91. The van der Waals surface area contributed by atoms with Gasteiger partial charge in [0.15, 0.2) is 0 Å². The van der Waals surface area contributed by atoms with Gasteiger partial charge in [-0.15, -0.1) is 0 Å². The van der Waals surface area contributed by atoms with Crippen LogP contribution in [-0.4, -0.2) is 17.3 Å². The minimum absolute atomic E-state index is 0.171. The van der Waals surface area contributed by atoms with Crippen molar-refractivity contribution in [1.82, 2.24) is 4.57 Å². The third kappa shape index (κ3) is 3.69. The number of para-hydroxylation sites is 4. The van der Waals surface area contributed by atoms with Gasteiger partial charge in [0, 0.05) is 44.6 Å². The SMILES string of the molecule is CC(C1=CCC2C3B(c4ccccc4N(c4ccccc4)C13)c1cccc3c4ccccc4n2c13)(c1ccccc1)C1C=CC=CC1. The van der Waals surface area contributed by atoms with Crippen LogP contribution in [0.25, 0.3) is 21.8 Å². The second kappa shape index (κ2) is 10.2.